The minimum atomic E-state index is -1.93. The molecule has 40 heavy (non-hydrogen) atoms. The van der Waals surface area contributed by atoms with Gasteiger partial charge in [-0.05, 0) is 24.5 Å². The van der Waals surface area contributed by atoms with Crippen LogP contribution in [0.4, 0.5) is 0 Å². The summed E-state index contributed by atoms with van der Waals surface area (Å²) in [5.74, 6) is -4.30. The standard InChI is InChI=1S/C32H48O8/c1-7-8-9-10-11-12-13-14-25(35)39-28-20(3)31(38)23(26-29(5,6)32(26,28)40-21(4)34)16-22(18-33)17-30(37)24(31)15-19(2)27(30)36/h15-16,20,23-24,26,28,33,37-38H,7-14,17-18H2,1-6H3/t20-,23+,24-,26+,28-,30-,31-,32-/m1/s1. The van der Waals surface area contributed by atoms with Crippen molar-refractivity contribution in [3.63, 3.8) is 0 Å². The fourth-order valence-electron chi connectivity index (χ4n) is 8.49. The zero-order valence-corrected chi connectivity index (χ0v) is 25.0. The number of fused-ring (bicyclic) bond motifs is 5. The smallest absolute Gasteiger partial charge is 0.306 e. The van der Waals surface area contributed by atoms with Gasteiger partial charge in [-0.3, -0.25) is 14.4 Å². The molecule has 3 N–H and O–H groups in total. The number of carbonyl (C=O) groups is 3. The summed E-state index contributed by atoms with van der Waals surface area (Å²) in [5.41, 5.74) is -4.70. The van der Waals surface area contributed by atoms with Crippen molar-refractivity contribution < 1.29 is 39.2 Å². The van der Waals surface area contributed by atoms with E-state index in [1.54, 1.807) is 26.0 Å². The number of hydrogen-bond donors (Lipinski definition) is 3. The molecule has 0 aliphatic heterocycles. The molecule has 4 rings (SSSR count). The zero-order valence-electron chi connectivity index (χ0n) is 25.0. The number of rotatable bonds is 11. The molecule has 8 atom stereocenters. The maximum absolute atomic E-state index is 13.2. The largest absolute Gasteiger partial charge is 0.458 e. The van der Waals surface area contributed by atoms with Gasteiger partial charge in [-0.25, -0.2) is 0 Å². The molecule has 2 saturated carbocycles. The van der Waals surface area contributed by atoms with Gasteiger partial charge in [-0.2, -0.15) is 0 Å². The first-order valence-electron chi connectivity index (χ1n) is 15.1. The van der Waals surface area contributed by atoms with Gasteiger partial charge in [0, 0.05) is 48.9 Å². The molecule has 8 nitrogen and oxygen atoms in total. The lowest BCUT2D eigenvalue weighted by atomic mass is 9.59. The maximum atomic E-state index is 13.2. The first kappa shape index (κ1) is 30.9. The number of ether oxygens (including phenoxy) is 2. The van der Waals surface area contributed by atoms with E-state index in [0.717, 1.165) is 19.3 Å². The van der Waals surface area contributed by atoms with Crippen molar-refractivity contribution in [2.24, 2.45) is 29.1 Å². The second-order valence-corrected chi connectivity index (χ2v) is 13.3. The molecule has 0 heterocycles. The number of aliphatic hydroxyl groups excluding tert-OH is 1. The van der Waals surface area contributed by atoms with Crippen LogP contribution in [0.5, 0.6) is 0 Å². The molecule has 4 aliphatic rings. The number of unbranched alkanes of at least 4 members (excludes halogenated alkanes) is 6. The molecule has 8 heteroatoms. The second-order valence-electron chi connectivity index (χ2n) is 13.3. The van der Waals surface area contributed by atoms with Crippen LogP contribution in [0.2, 0.25) is 0 Å². The van der Waals surface area contributed by atoms with E-state index in [4.69, 9.17) is 9.47 Å². The Labute approximate surface area is 238 Å². The van der Waals surface area contributed by atoms with Crippen LogP contribution in [0.15, 0.2) is 23.3 Å². The lowest BCUT2D eigenvalue weighted by Crippen LogP contribution is -2.66. The minimum absolute atomic E-state index is 0.108. The van der Waals surface area contributed by atoms with E-state index in [9.17, 15) is 29.7 Å². The topological polar surface area (TPSA) is 130 Å². The van der Waals surface area contributed by atoms with Gasteiger partial charge in [0.1, 0.15) is 11.7 Å². The molecule has 2 fully saturated rings. The predicted molar refractivity (Wildman–Crippen MR) is 149 cm³/mol. The molecule has 0 bridgehead atoms. The van der Waals surface area contributed by atoms with Gasteiger partial charge in [0.05, 0.1) is 12.2 Å². The van der Waals surface area contributed by atoms with Crippen LogP contribution in [-0.2, 0) is 23.9 Å². The van der Waals surface area contributed by atoms with Crippen LogP contribution in [0.1, 0.15) is 99.3 Å². The van der Waals surface area contributed by atoms with Gasteiger partial charge >= 0.3 is 11.9 Å². The highest BCUT2D eigenvalue weighted by molar-refractivity contribution is 6.04. The van der Waals surface area contributed by atoms with Crippen molar-refractivity contribution in [2.75, 3.05) is 6.61 Å². The van der Waals surface area contributed by atoms with Crippen LogP contribution < -0.4 is 0 Å². The van der Waals surface area contributed by atoms with E-state index in [0.29, 0.717) is 17.6 Å². The lowest BCUT2D eigenvalue weighted by Gasteiger charge is -2.53. The summed E-state index contributed by atoms with van der Waals surface area (Å²) in [4.78, 5) is 38.9. The number of aliphatic hydroxyl groups is 3. The van der Waals surface area contributed by atoms with Crippen molar-refractivity contribution in [1.82, 2.24) is 0 Å². The fraction of sp³-hybridized carbons (Fsp3) is 0.781. The van der Waals surface area contributed by atoms with Crippen LogP contribution in [-0.4, -0.2) is 62.6 Å². The summed E-state index contributed by atoms with van der Waals surface area (Å²) in [6.07, 6.45) is 9.92. The van der Waals surface area contributed by atoms with Gasteiger partial charge in [-0.1, -0.05) is 78.4 Å². The highest BCUT2D eigenvalue weighted by Gasteiger charge is 2.87. The van der Waals surface area contributed by atoms with Gasteiger partial charge in [0.15, 0.2) is 11.4 Å². The van der Waals surface area contributed by atoms with Crippen molar-refractivity contribution in [3.05, 3.63) is 23.3 Å². The summed E-state index contributed by atoms with van der Waals surface area (Å²) in [6, 6.07) is 0. The Morgan fingerprint density at radius 3 is 2.27 bits per heavy atom. The normalized spacial score (nSPS) is 39.2. The molecule has 0 amide bonds. The average Bonchev–Trinajstić information content (AvgIpc) is 3.31. The number of ketones is 1. The Bertz CT molecular complexity index is 1090. The molecule has 0 unspecified atom stereocenters. The Morgan fingerprint density at radius 1 is 1.05 bits per heavy atom. The van der Waals surface area contributed by atoms with Crippen molar-refractivity contribution in [3.8, 4) is 0 Å². The molecule has 0 saturated heterocycles. The summed E-state index contributed by atoms with van der Waals surface area (Å²) in [7, 11) is 0. The second kappa shape index (κ2) is 11.0. The molecule has 0 radical (unpaired) electrons. The molecule has 0 aromatic carbocycles. The Balaban J connectivity index is 1.69. The van der Waals surface area contributed by atoms with Crippen LogP contribution in [0.3, 0.4) is 0 Å². The molecule has 0 spiro atoms. The van der Waals surface area contributed by atoms with E-state index in [1.807, 2.05) is 13.8 Å². The third-order valence-corrected chi connectivity index (χ3v) is 10.5. The molecule has 4 aliphatic carbocycles. The van der Waals surface area contributed by atoms with Crippen molar-refractivity contribution >= 4 is 17.7 Å². The SMILES string of the molecule is CCCCCCCCCC(=O)O[C@@H]1[C@@H](C)[C@@]2(O)[C@@H](C=C(CO)C[C@]3(O)C(=O)C(C)=C[C@@H]23)[C@H]2C(C)(C)[C@]12OC(C)=O. The summed E-state index contributed by atoms with van der Waals surface area (Å²) < 4.78 is 12.2. The first-order chi connectivity index (χ1) is 18.7. The highest BCUT2D eigenvalue weighted by Crippen LogP contribution is 2.77. The van der Waals surface area contributed by atoms with E-state index in [-0.39, 0.29) is 19.4 Å². The average molecular weight is 561 g/mol. The summed E-state index contributed by atoms with van der Waals surface area (Å²) in [5, 5.41) is 34.6. The van der Waals surface area contributed by atoms with E-state index >= 15 is 0 Å². The Kier molecular flexibility index (Phi) is 8.50. The zero-order chi connectivity index (χ0) is 29.7. The number of hydrogen-bond acceptors (Lipinski definition) is 8. The predicted octanol–water partition coefficient (Wildman–Crippen LogP) is 4.19. The first-order valence-corrected chi connectivity index (χ1v) is 15.1. The fourth-order valence-corrected chi connectivity index (χ4v) is 8.49. The minimum Gasteiger partial charge on any atom is -0.458 e. The number of esters is 2. The molecular formula is C32H48O8. The van der Waals surface area contributed by atoms with E-state index in [1.165, 1.54) is 26.2 Å². The van der Waals surface area contributed by atoms with Gasteiger partial charge in [-0.15, -0.1) is 0 Å². The summed E-state index contributed by atoms with van der Waals surface area (Å²) >= 11 is 0. The third-order valence-electron chi connectivity index (χ3n) is 10.5. The van der Waals surface area contributed by atoms with E-state index in [2.05, 4.69) is 6.92 Å². The third kappa shape index (κ3) is 4.58. The molecule has 224 valence electrons. The van der Waals surface area contributed by atoms with Gasteiger partial charge < -0.3 is 24.8 Å². The lowest BCUT2D eigenvalue weighted by molar-refractivity contribution is -0.228. The van der Waals surface area contributed by atoms with Crippen molar-refractivity contribution in [1.29, 1.82) is 0 Å². The van der Waals surface area contributed by atoms with Crippen LogP contribution in [0, 0.1) is 29.1 Å². The van der Waals surface area contributed by atoms with Crippen molar-refractivity contribution in [2.45, 2.75) is 122 Å². The number of Topliss-reactive ketones (excluding diaryl/α,β-unsaturated/α-hetero) is 1. The Hall–Kier alpha value is -2.03. The molecular weight excluding hydrogens is 512 g/mol. The quantitative estimate of drug-likeness (QED) is 0.195. The maximum Gasteiger partial charge on any atom is 0.306 e. The van der Waals surface area contributed by atoms with E-state index < -0.39 is 69.7 Å². The van der Waals surface area contributed by atoms with Crippen LogP contribution >= 0.6 is 0 Å². The molecule has 0 aromatic heterocycles. The molecule has 0 aromatic rings. The van der Waals surface area contributed by atoms with Gasteiger partial charge in [0.2, 0.25) is 0 Å². The monoisotopic (exact) mass is 560 g/mol. The van der Waals surface area contributed by atoms with Crippen LogP contribution in [0.25, 0.3) is 0 Å². The van der Waals surface area contributed by atoms with Gasteiger partial charge in [0.25, 0.3) is 0 Å². The number of carbonyl (C=O) groups excluding carboxylic acids is 3. The summed E-state index contributed by atoms with van der Waals surface area (Å²) in [6.45, 7) is 10.3. The highest BCUT2D eigenvalue weighted by atomic mass is 16.6. The Morgan fingerprint density at radius 2 is 1.68 bits per heavy atom.